The van der Waals surface area contributed by atoms with Gasteiger partial charge in [0.1, 0.15) is 0 Å². The molecule has 1 fully saturated rings. The molecule has 1 saturated heterocycles. The van der Waals surface area contributed by atoms with Gasteiger partial charge < -0.3 is 19.3 Å². The normalized spacial score (nSPS) is 18.7. The highest BCUT2D eigenvalue weighted by atomic mass is 16.5. The van der Waals surface area contributed by atoms with Crippen LogP contribution in [0.15, 0.2) is 4.52 Å². The highest BCUT2D eigenvalue weighted by Gasteiger charge is 2.19. The molecule has 1 unspecified atom stereocenters. The van der Waals surface area contributed by atoms with Crippen LogP contribution in [0.5, 0.6) is 0 Å². The van der Waals surface area contributed by atoms with Crippen LogP contribution in [0.3, 0.4) is 0 Å². The molecule has 1 atom stereocenters. The fraction of sp³-hybridized carbons (Fsp3) is 0.818. The Morgan fingerprint density at radius 1 is 1.35 bits per heavy atom. The van der Waals surface area contributed by atoms with E-state index in [1.54, 1.807) is 0 Å². The van der Waals surface area contributed by atoms with E-state index < -0.39 is 6.10 Å². The minimum atomic E-state index is -0.437. The molecule has 6 nitrogen and oxygen atoms in total. The Bertz CT molecular complexity index is 347. The number of aliphatic hydroxyl groups excluding tert-OH is 1. The standard InChI is InChI=1S/C11H19N3O3/c1-8(2)9(15)7-10-12-11(13-17-10)14-3-5-16-6-4-14/h8-9,15H,3-7H2,1-2H3. The number of ether oxygens (including phenoxy) is 1. The number of hydrogen-bond donors (Lipinski definition) is 1. The summed E-state index contributed by atoms with van der Waals surface area (Å²) in [6.07, 6.45) is -0.0253. The fourth-order valence-corrected chi connectivity index (χ4v) is 1.64. The van der Waals surface area contributed by atoms with Crippen molar-refractivity contribution in [1.82, 2.24) is 10.1 Å². The summed E-state index contributed by atoms with van der Waals surface area (Å²) in [6, 6.07) is 0. The third kappa shape index (κ3) is 3.17. The zero-order valence-corrected chi connectivity index (χ0v) is 10.3. The minimum absolute atomic E-state index is 0.189. The second-order valence-electron chi connectivity index (χ2n) is 4.60. The molecule has 0 bridgehead atoms. The molecule has 2 heterocycles. The first-order valence-corrected chi connectivity index (χ1v) is 6.00. The van der Waals surface area contributed by atoms with Gasteiger partial charge in [-0.1, -0.05) is 13.8 Å². The summed E-state index contributed by atoms with van der Waals surface area (Å²) >= 11 is 0. The number of nitrogens with zero attached hydrogens (tertiary/aromatic N) is 3. The van der Waals surface area contributed by atoms with Crippen molar-refractivity contribution < 1.29 is 14.4 Å². The Hall–Kier alpha value is -1.14. The number of rotatable bonds is 4. The van der Waals surface area contributed by atoms with Crippen LogP contribution >= 0.6 is 0 Å². The molecule has 96 valence electrons. The maximum Gasteiger partial charge on any atom is 0.266 e. The Morgan fingerprint density at radius 2 is 2.06 bits per heavy atom. The number of anilines is 1. The maximum absolute atomic E-state index is 9.74. The SMILES string of the molecule is CC(C)C(O)Cc1nc(N2CCOCC2)no1. The maximum atomic E-state index is 9.74. The van der Waals surface area contributed by atoms with E-state index in [1.165, 1.54) is 0 Å². The van der Waals surface area contributed by atoms with Crippen LogP contribution in [-0.4, -0.2) is 47.7 Å². The van der Waals surface area contributed by atoms with Crippen molar-refractivity contribution in [2.24, 2.45) is 5.92 Å². The first kappa shape index (κ1) is 12.3. The lowest BCUT2D eigenvalue weighted by atomic mass is 10.0. The van der Waals surface area contributed by atoms with Crippen molar-refractivity contribution >= 4 is 5.95 Å². The predicted molar refractivity (Wildman–Crippen MR) is 61.9 cm³/mol. The van der Waals surface area contributed by atoms with Gasteiger partial charge in [-0.05, 0) is 11.1 Å². The number of aromatic nitrogens is 2. The fourth-order valence-electron chi connectivity index (χ4n) is 1.64. The summed E-state index contributed by atoms with van der Waals surface area (Å²) in [5.74, 6) is 1.28. The topological polar surface area (TPSA) is 71.6 Å². The van der Waals surface area contributed by atoms with Gasteiger partial charge in [0, 0.05) is 13.1 Å². The van der Waals surface area contributed by atoms with Gasteiger partial charge in [-0.3, -0.25) is 0 Å². The number of morpholine rings is 1. The van der Waals surface area contributed by atoms with Crippen molar-refractivity contribution in [3.05, 3.63) is 5.89 Å². The summed E-state index contributed by atoms with van der Waals surface area (Å²) < 4.78 is 10.4. The monoisotopic (exact) mass is 241 g/mol. The average molecular weight is 241 g/mol. The van der Waals surface area contributed by atoms with Crippen LogP contribution in [0.1, 0.15) is 19.7 Å². The van der Waals surface area contributed by atoms with Gasteiger partial charge in [-0.2, -0.15) is 4.98 Å². The molecule has 0 radical (unpaired) electrons. The molecule has 0 amide bonds. The van der Waals surface area contributed by atoms with E-state index >= 15 is 0 Å². The minimum Gasteiger partial charge on any atom is -0.392 e. The summed E-state index contributed by atoms with van der Waals surface area (Å²) in [5.41, 5.74) is 0. The highest BCUT2D eigenvalue weighted by Crippen LogP contribution is 2.14. The first-order valence-electron chi connectivity index (χ1n) is 6.00. The third-order valence-electron chi connectivity index (χ3n) is 2.90. The van der Waals surface area contributed by atoms with Gasteiger partial charge in [-0.25, -0.2) is 0 Å². The summed E-state index contributed by atoms with van der Waals surface area (Å²) in [6.45, 7) is 6.88. The van der Waals surface area contributed by atoms with E-state index in [4.69, 9.17) is 9.26 Å². The van der Waals surface area contributed by atoms with Crippen molar-refractivity contribution in [3.8, 4) is 0 Å². The molecule has 1 aliphatic rings. The lowest BCUT2D eigenvalue weighted by Gasteiger charge is -2.24. The van der Waals surface area contributed by atoms with Gasteiger partial charge in [0.2, 0.25) is 5.89 Å². The molecule has 1 aliphatic heterocycles. The molecule has 17 heavy (non-hydrogen) atoms. The Kier molecular flexibility index (Phi) is 3.96. The van der Waals surface area contributed by atoms with E-state index in [-0.39, 0.29) is 5.92 Å². The molecule has 0 aromatic carbocycles. The van der Waals surface area contributed by atoms with Crippen LogP contribution in [0, 0.1) is 5.92 Å². The Labute approximate surface area is 101 Å². The molecule has 1 aromatic heterocycles. The van der Waals surface area contributed by atoms with E-state index in [0.717, 1.165) is 13.1 Å². The molecule has 2 rings (SSSR count). The van der Waals surface area contributed by atoms with Crippen LogP contribution in [-0.2, 0) is 11.2 Å². The molecule has 1 N–H and O–H groups in total. The lowest BCUT2D eigenvalue weighted by Crippen LogP contribution is -2.36. The molecule has 0 saturated carbocycles. The molecule has 0 spiro atoms. The lowest BCUT2D eigenvalue weighted by molar-refractivity contribution is 0.116. The van der Waals surface area contributed by atoms with Crippen molar-refractivity contribution in [2.75, 3.05) is 31.2 Å². The summed E-state index contributed by atoms with van der Waals surface area (Å²) in [4.78, 5) is 6.31. The van der Waals surface area contributed by atoms with Crippen LogP contribution in [0.2, 0.25) is 0 Å². The molecule has 0 aliphatic carbocycles. The average Bonchev–Trinajstić information content (AvgIpc) is 2.78. The van der Waals surface area contributed by atoms with Gasteiger partial charge >= 0.3 is 0 Å². The van der Waals surface area contributed by atoms with Crippen molar-refractivity contribution in [3.63, 3.8) is 0 Å². The van der Waals surface area contributed by atoms with Crippen LogP contribution in [0.25, 0.3) is 0 Å². The molecular formula is C11H19N3O3. The third-order valence-corrected chi connectivity index (χ3v) is 2.90. The van der Waals surface area contributed by atoms with E-state index in [9.17, 15) is 5.11 Å². The number of aliphatic hydroxyl groups is 1. The Balaban J connectivity index is 1.95. The Morgan fingerprint density at radius 3 is 2.71 bits per heavy atom. The predicted octanol–water partition coefficient (Wildman–Crippen LogP) is 0.466. The van der Waals surface area contributed by atoms with Gasteiger partial charge in [-0.15, -0.1) is 0 Å². The molecule has 6 heteroatoms. The number of hydrogen-bond acceptors (Lipinski definition) is 6. The van der Waals surface area contributed by atoms with E-state index in [2.05, 4.69) is 10.1 Å². The molecular weight excluding hydrogens is 222 g/mol. The van der Waals surface area contributed by atoms with E-state index in [0.29, 0.717) is 31.5 Å². The van der Waals surface area contributed by atoms with Crippen LogP contribution < -0.4 is 4.90 Å². The van der Waals surface area contributed by atoms with E-state index in [1.807, 2.05) is 18.7 Å². The second-order valence-corrected chi connectivity index (χ2v) is 4.60. The summed E-state index contributed by atoms with van der Waals surface area (Å²) in [5, 5.41) is 13.7. The highest BCUT2D eigenvalue weighted by molar-refractivity contribution is 5.28. The van der Waals surface area contributed by atoms with Crippen molar-refractivity contribution in [2.45, 2.75) is 26.4 Å². The van der Waals surface area contributed by atoms with Gasteiger partial charge in [0.25, 0.3) is 5.95 Å². The smallest absolute Gasteiger partial charge is 0.266 e. The molecule has 1 aromatic rings. The quantitative estimate of drug-likeness (QED) is 0.826. The van der Waals surface area contributed by atoms with Crippen molar-refractivity contribution in [1.29, 1.82) is 0 Å². The van der Waals surface area contributed by atoms with Gasteiger partial charge in [0.05, 0.1) is 25.7 Å². The van der Waals surface area contributed by atoms with Gasteiger partial charge in [0.15, 0.2) is 0 Å². The van der Waals surface area contributed by atoms with Crippen LogP contribution in [0.4, 0.5) is 5.95 Å². The zero-order chi connectivity index (χ0) is 12.3. The second kappa shape index (κ2) is 5.46. The largest absolute Gasteiger partial charge is 0.392 e. The zero-order valence-electron chi connectivity index (χ0n) is 10.3. The first-order chi connectivity index (χ1) is 8.16. The summed E-state index contributed by atoms with van der Waals surface area (Å²) in [7, 11) is 0.